The number of hydrogen-bond donors (Lipinski definition) is 2. The summed E-state index contributed by atoms with van der Waals surface area (Å²) in [5.41, 5.74) is 7.66. The molecule has 4 nitrogen and oxygen atoms in total. The molecule has 0 bridgehead atoms. The zero-order valence-corrected chi connectivity index (χ0v) is 12.1. The molecular formula is C17H20N2O2. The Morgan fingerprint density at radius 3 is 2.52 bits per heavy atom. The first-order chi connectivity index (χ1) is 10.3. The Labute approximate surface area is 124 Å². The second-order valence-corrected chi connectivity index (χ2v) is 5.12. The molecule has 0 saturated heterocycles. The highest BCUT2D eigenvalue weighted by Gasteiger charge is 2.17. The van der Waals surface area contributed by atoms with Crippen molar-refractivity contribution >= 4 is 0 Å². The smallest absolute Gasteiger partial charge is 0.119 e. The Hall–Kier alpha value is -1.88. The summed E-state index contributed by atoms with van der Waals surface area (Å²) >= 11 is 0. The minimum absolute atomic E-state index is 0.0356. The molecule has 0 radical (unpaired) electrons. The van der Waals surface area contributed by atoms with E-state index < -0.39 is 0 Å². The molecule has 2 aromatic rings. The number of nitrogens with two attached hydrogens (primary N) is 1. The number of fused-ring (bicyclic) bond motifs is 1. The van der Waals surface area contributed by atoms with Gasteiger partial charge in [0.25, 0.3) is 0 Å². The van der Waals surface area contributed by atoms with Gasteiger partial charge in [-0.2, -0.15) is 0 Å². The topological polar surface area (TPSA) is 56.5 Å². The van der Waals surface area contributed by atoms with Crippen LogP contribution in [0.25, 0.3) is 0 Å². The fraction of sp³-hybridized carbons (Fsp3) is 0.294. The van der Waals surface area contributed by atoms with Gasteiger partial charge < -0.3 is 9.47 Å². The molecule has 21 heavy (non-hydrogen) atoms. The quantitative estimate of drug-likeness (QED) is 0.654. The molecule has 2 aromatic carbocycles. The average Bonchev–Trinajstić information content (AvgIpc) is 2.98. The Morgan fingerprint density at radius 2 is 1.81 bits per heavy atom. The number of hydrazine groups is 1. The van der Waals surface area contributed by atoms with Gasteiger partial charge in [0.05, 0.1) is 25.9 Å². The van der Waals surface area contributed by atoms with Crippen molar-refractivity contribution in [3.8, 4) is 5.75 Å². The van der Waals surface area contributed by atoms with Crippen LogP contribution >= 0.6 is 0 Å². The van der Waals surface area contributed by atoms with E-state index in [9.17, 15) is 0 Å². The molecule has 0 aliphatic carbocycles. The summed E-state index contributed by atoms with van der Waals surface area (Å²) in [5.74, 6) is 6.64. The highest BCUT2D eigenvalue weighted by atomic mass is 16.5. The monoisotopic (exact) mass is 284 g/mol. The van der Waals surface area contributed by atoms with Crippen LogP contribution in [0.4, 0.5) is 0 Å². The summed E-state index contributed by atoms with van der Waals surface area (Å²) < 4.78 is 10.9. The molecule has 0 spiro atoms. The van der Waals surface area contributed by atoms with Crippen molar-refractivity contribution in [2.75, 3.05) is 6.61 Å². The third-order valence-electron chi connectivity index (χ3n) is 3.77. The largest absolute Gasteiger partial charge is 0.494 e. The molecule has 1 aliphatic heterocycles. The molecule has 0 fully saturated rings. The van der Waals surface area contributed by atoms with E-state index in [1.54, 1.807) is 0 Å². The SMILES string of the molecule is CCOc1ccc(C(NN)c2ccc3c(c2)COC3)cc1. The van der Waals surface area contributed by atoms with Crippen LogP contribution in [0.3, 0.4) is 0 Å². The fourth-order valence-corrected chi connectivity index (χ4v) is 2.68. The lowest BCUT2D eigenvalue weighted by molar-refractivity contribution is 0.134. The lowest BCUT2D eigenvalue weighted by Crippen LogP contribution is -2.28. The third-order valence-corrected chi connectivity index (χ3v) is 3.77. The van der Waals surface area contributed by atoms with Crippen LogP contribution in [0.5, 0.6) is 5.75 Å². The Kier molecular flexibility index (Phi) is 4.20. The van der Waals surface area contributed by atoms with Crippen LogP contribution in [-0.2, 0) is 18.0 Å². The van der Waals surface area contributed by atoms with Crippen LogP contribution in [0.2, 0.25) is 0 Å². The second-order valence-electron chi connectivity index (χ2n) is 5.12. The lowest BCUT2D eigenvalue weighted by Gasteiger charge is -2.18. The molecule has 4 heteroatoms. The number of ether oxygens (including phenoxy) is 2. The summed E-state index contributed by atoms with van der Waals surface area (Å²) in [6.45, 7) is 4.04. The number of benzene rings is 2. The van der Waals surface area contributed by atoms with Crippen LogP contribution < -0.4 is 16.0 Å². The highest BCUT2D eigenvalue weighted by Crippen LogP contribution is 2.28. The lowest BCUT2D eigenvalue weighted by atomic mass is 9.96. The van der Waals surface area contributed by atoms with Gasteiger partial charge in [-0.25, -0.2) is 5.43 Å². The van der Waals surface area contributed by atoms with Gasteiger partial charge >= 0.3 is 0 Å². The molecule has 3 rings (SSSR count). The normalized spacial score (nSPS) is 14.8. The summed E-state index contributed by atoms with van der Waals surface area (Å²) in [4.78, 5) is 0. The summed E-state index contributed by atoms with van der Waals surface area (Å²) in [6.07, 6.45) is 0. The Balaban J connectivity index is 1.87. The number of nitrogens with one attached hydrogen (secondary N) is 1. The summed E-state index contributed by atoms with van der Waals surface area (Å²) in [7, 11) is 0. The first-order valence-corrected chi connectivity index (χ1v) is 7.20. The summed E-state index contributed by atoms with van der Waals surface area (Å²) in [6, 6.07) is 14.4. The fourth-order valence-electron chi connectivity index (χ4n) is 2.68. The number of hydrogen-bond acceptors (Lipinski definition) is 4. The molecule has 110 valence electrons. The zero-order valence-electron chi connectivity index (χ0n) is 12.1. The molecule has 1 atom stereocenters. The van der Waals surface area contributed by atoms with Crippen LogP contribution in [0.1, 0.15) is 35.2 Å². The molecular weight excluding hydrogens is 264 g/mol. The van der Waals surface area contributed by atoms with Crippen LogP contribution in [0.15, 0.2) is 42.5 Å². The van der Waals surface area contributed by atoms with Gasteiger partial charge in [0.2, 0.25) is 0 Å². The van der Waals surface area contributed by atoms with Gasteiger partial charge in [-0.1, -0.05) is 30.3 Å². The van der Waals surface area contributed by atoms with Crippen molar-refractivity contribution in [1.29, 1.82) is 0 Å². The molecule has 0 aromatic heterocycles. The molecule has 3 N–H and O–H groups in total. The standard InChI is InChI=1S/C17H20N2O2/c1-2-21-16-7-5-12(6-8-16)17(19-18)13-3-4-14-10-20-11-15(14)9-13/h3-9,17,19H,2,10-11,18H2,1H3. The van der Waals surface area contributed by atoms with E-state index in [-0.39, 0.29) is 6.04 Å². The Bertz CT molecular complexity index is 611. The van der Waals surface area contributed by atoms with Crippen molar-refractivity contribution in [2.24, 2.45) is 5.84 Å². The zero-order chi connectivity index (χ0) is 14.7. The predicted molar refractivity (Wildman–Crippen MR) is 81.7 cm³/mol. The maximum atomic E-state index is 5.77. The van der Waals surface area contributed by atoms with E-state index in [4.69, 9.17) is 15.3 Å². The van der Waals surface area contributed by atoms with Gasteiger partial charge in [-0.05, 0) is 41.3 Å². The molecule has 1 unspecified atom stereocenters. The second kappa shape index (κ2) is 6.26. The van der Waals surface area contributed by atoms with Gasteiger partial charge in [0.1, 0.15) is 5.75 Å². The van der Waals surface area contributed by atoms with E-state index in [1.807, 2.05) is 31.2 Å². The Morgan fingerprint density at radius 1 is 1.10 bits per heavy atom. The van der Waals surface area contributed by atoms with Crippen LogP contribution in [-0.4, -0.2) is 6.61 Å². The maximum Gasteiger partial charge on any atom is 0.119 e. The molecule has 1 aliphatic rings. The van der Waals surface area contributed by atoms with E-state index in [0.29, 0.717) is 19.8 Å². The van der Waals surface area contributed by atoms with Crippen molar-refractivity contribution in [3.05, 3.63) is 64.7 Å². The highest BCUT2D eigenvalue weighted by molar-refractivity contribution is 5.40. The van der Waals surface area contributed by atoms with E-state index >= 15 is 0 Å². The van der Waals surface area contributed by atoms with Crippen molar-refractivity contribution in [3.63, 3.8) is 0 Å². The van der Waals surface area contributed by atoms with E-state index in [1.165, 1.54) is 11.1 Å². The first-order valence-electron chi connectivity index (χ1n) is 7.20. The van der Waals surface area contributed by atoms with Crippen LogP contribution in [0, 0.1) is 0 Å². The molecule has 1 heterocycles. The van der Waals surface area contributed by atoms with Crippen molar-refractivity contribution in [2.45, 2.75) is 26.2 Å². The van der Waals surface area contributed by atoms with Gasteiger partial charge in [-0.3, -0.25) is 5.84 Å². The van der Waals surface area contributed by atoms with Crippen molar-refractivity contribution in [1.82, 2.24) is 5.43 Å². The average molecular weight is 284 g/mol. The van der Waals surface area contributed by atoms with E-state index in [0.717, 1.165) is 16.9 Å². The van der Waals surface area contributed by atoms with Crippen molar-refractivity contribution < 1.29 is 9.47 Å². The van der Waals surface area contributed by atoms with E-state index in [2.05, 4.69) is 23.6 Å². The minimum atomic E-state index is -0.0356. The molecule has 0 amide bonds. The van der Waals surface area contributed by atoms with Gasteiger partial charge in [0, 0.05) is 0 Å². The maximum absolute atomic E-state index is 5.77. The van der Waals surface area contributed by atoms with Gasteiger partial charge in [0.15, 0.2) is 0 Å². The van der Waals surface area contributed by atoms with Gasteiger partial charge in [-0.15, -0.1) is 0 Å². The number of rotatable bonds is 5. The first kappa shape index (κ1) is 14.1. The minimum Gasteiger partial charge on any atom is -0.494 e. The third kappa shape index (κ3) is 2.93. The predicted octanol–water partition coefficient (Wildman–Crippen LogP) is 2.67. The molecule has 0 saturated carbocycles. The summed E-state index contributed by atoms with van der Waals surface area (Å²) in [5, 5.41) is 0.